The number of carbonyl (C=O) groups is 2. The first-order valence-electron chi connectivity index (χ1n) is 10.8. The summed E-state index contributed by atoms with van der Waals surface area (Å²) in [7, 11) is 0. The van der Waals surface area contributed by atoms with Crippen molar-refractivity contribution >= 4 is 11.8 Å². The molecule has 6 heteroatoms. The fraction of sp³-hybridized carbons (Fsp3) is 0.905. The summed E-state index contributed by atoms with van der Waals surface area (Å²) in [4.78, 5) is 29.7. The van der Waals surface area contributed by atoms with Crippen LogP contribution in [0.4, 0.5) is 0 Å². The Morgan fingerprint density at radius 3 is 2.22 bits per heavy atom. The van der Waals surface area contributed by atoms with E-state index in [9.17, 15) is 14.7 Å². The summed E-state index contributed by atoms with van der Waals surface area (Å²) < 4.78 is 0. The van der Waals surface area contributed by atoms with Gasteiger partial charge in [0.1, 0.15) is 0 Å². The van der Waals surface area contributed by atoms with Crippen LogP contribution in [-0.4, -0.2) is 64.5 Å². The van der Waals surface area contributed by atoms with Gasteiger partial charge in [-0.25, -0.2) is 0 Å². The van der Waals surface area contributed by atoms with Crippen molar-refractivity contribution in [3.63, 3.8) is 0 Å². The number of nitrogens with zero attached hydrogens (tertiary/aromatic N) is 2. The third kappa shape index (κ3) is 4.48. The molecule has 0 bridgehead atoms. The molecule has 2 heterocycles. The van der Waals surface area contributed by atoms with E-state index in [2.05, 4.69) is 0 Å². The van der Waals surface area contributed by atoms with Gasteiger partial charge < -0.3 is 20.6 Å². The molecule has 2 aliphatic heterocycles. The zero-order chi connectivity index (χ0) is 19.7. The summed E-state index contributed by atoms with van der Waals surface area (Å²) in [6.45, 7) is 5.85. The zero-order valence-electron chi connectivity index (χ0n) is 17.1. The second kappa shape index (κ2) is 8.08. The zero-order valence-corrected chi connectivity index (χ0v) is 17.1. The Morgan fingerprint density at radius 1 is 0.963 bits per heavy atom. The van der Waals surface area contributed by atoms with Crippen LogP contribution in [0.5, 0.6) is 0 Å². The topological polar surface area (TPSA) is 86.9 Å². The van der Waals surface area contributed by atoms with Gasteiger partial charge in [-0.15, -0.1) is 0 Å². The van der Waals surface area contributed by atoms with Crippen molar-refractivity contribution < 1.29 is 14.7 Å². The third-order valence-corrected chi connectivity index (χ3v) is 6.85. The molecule has 6 nitrogen and oxygen atoms in total. The van der Waals surface area contributed by atoms with E-state index < -0.39 is 17.1 Å². The Kier molecular flexibility index (Phi) is 6.16. The fourth-order valence-corrected chi connectivity index (χ4v) is 5.26. The monoisotopic (exact) mass is 379 g/mol. The molecule has 0 aromatic carbocycles. The second-order valence-electron chi connectivity index (χ2n) is 9.67. The van der Waals surface area contributed by atoms with E-state index in [0.29, 0.717) is 26.1 Å². The first-order valence-corrected chi connectivity index (χ1v) is 10.8. The van der Waals surface area contributed by atoms with Crippen LogP contribution in [0, 0.1) is 11.3 Å². The van der Waals surface area contributed by atoms with Crippen LogP contribution in [-0.2, 0) is 9.59 Å². The van der Waals surface area contributed by atoms with E-state index in [0.717, 1.165) is 45.1 Å². The highest BCUT2D eigenvalue weighted by Crippen LogP contribution is 2.40. The molecule has 1 saturated carbocycles. The normalized spacial score (nSPS) is 31.0. The Bertz CT molecular complexity index is 551. The lowest BCUT2D eigenvalue weighted by Gasteiger charge is -2.52. The maximum absolute atomic E-state index is 13.2. The van der Waals surface area contributed by atoms with Crippen molar-refractivity contribution in [1.82, 2.24) is 9.80 Å². The van der Waals surface area contributed by atoms with Gasteiger partial charge in [-0.2, -0.15) is 0 Å². The largest absolute Gasteiger partial charge is 0.392 e. The maximum atomic E-state index is 13.2. The van der Waals surface area contributed by atoms with Crippen molar-refractivity contribution in [3.05, 3.63) is 0 Å². The number of nitrogens with two attached hydrogens (primary N) is 1. The van der Waals surface area contributed by atoms with E-state index >= 15 is 0 Å². The molecule has 2 saturated heterocycles. The average Bonchev–Trinajstić information content (AvgIpc) is 2.92. The van der Waals surface area contributed by atoms with E-state index in [4.69, 9.17) is 5.73 Å². The molecule has 0 unspecified atom stereocenters. The van der Waals surface area contributed by atoms with Gasteiger partial charge in [0.2, 0.25) is 11.8 Å². The molecular formula is C21H37N3O3. The van der Waals surface area contributed by atoms with Crippen LogP contribution in [0.3, 0.4) is 0 Å². The predicted octanol–water partition coefficient (Wildman–Crippen LogP) is 1.90. The first-order chi connectivity index (χ1) is 12.7. The lowest BCUT2D eigenvalue weighted by Crippen LogP contribution is -2.63. The summed E-state index contributed by atoms with van der Waals surface area (Å²) in [5, 5.41) is 10.8. The van der Waals surface area contributed by atoms with Crippen molar-refractivity contribution in [2.75, 3.05) is 26.2 Å². The molecule has 27 heavy (non-hydrogen) atoms. The molecular weight excluding hydrogens is 342 g/mol. The quantitative estimate of drug-likeness (QED) is 0.718. The van der Waals surface area contributed by atoms with Gasteiger partial charge >= 0.3 is 0 Å². The van der Waals surface area contributed by atoms with Gasteiger partial charge in [-0.3, -0.25) is 9.59 Å². The molecule has 0 aromatic rings. The van der Waals surface area contributed by atoms with Crippen LogP contribution in [0.25, 0.3) is 0 Å². The summed E-state index contributed by atoms with van der Waals surface area (Å²) in [6, 6.07) is 0. The molecule has 3 fully saturated rings. The first kappa shape index (κ1) is 20.6. The molecule has 3 N–H and O–H groups in total. The minimum atomic E-state index is -0.909. The van der Waals surface area contributed by atoms with Crippen molar-refractivity contribution in [3.8, 4) is 0 Å². The van der Waals surface area contributed by atoms with E-state index in [1.54, 1.807) is 13.8 Å². The lowest BCUT2D eigenvalue weighted by atomic mass is 9.71. The van der Waals surface area contributed by atoms with E-state index in [1.807, 2.05) is 9.80 Å². The SMILES string of the molecule is CC(C)(N)C(=O)N1CC[C@@H](O)[C@]2(CCCN(C(=O)C3CCCCCC3)C2)C1. The lowest BCUT2D eigenvalue weighted by molar-refractivity contribution is -0.153. The van der Waals surface area contributed by atoms with Gasteiger partial charge in [-0.05, 0) is 46.0 Å². The number of likely N-dealkylation sites (tertiary alicyclic amines) is 2. The molecule has 0 aromatic heterocycles. The van der Waals surface area contributed by atoms with E-state index in [1.165, 1.54) is 12.8 Å². The Hall–Kier alpha value is -1.14. The fourth-order valence-electron chi connectivity index (χ4n) is 5.26. The van der Waals surface area contributed by atoms with Gasteiger partial charge in [0.05, 0.1) is 11.6 Å². The molecule has 1 aliphatic carbocycles. The molecule has 2 amide bonds. The van der Waals surface area contributed by atoms with Crippen LogP contribution < -0.4 is 5.73 Å². The van der Waals surface area contributed by atoms with Gasteiger partial charge in [0, 0.05) is 37.5 Å². The smallest absolute Gasteiger partial charge is 0.242 e. The van der Waals surface area contributed by atoms with Gasteiger partial charge in [-0.1, -0.05) is 25.7 Å². The molecule has 0 radical (unpaired) electrons. The third-order valence-electron chi connectivity index (χ3n) is 6.85. The van der Waals surface area contributed by atoms with Gasteiger partial charge in [0.25, 0.3) is 0 Å². The standard InChI is InChI=1S/C21H37N3O3/c1-20(2,22)19(27)24-13-10-17(25)21(15-24)11-7-12-23(14-21)18(26)16-8-5-3-4-6-9-16/h16-17,25H,3-15,22H2,1-2H3/t17-,21+/m1/s1. The van der Waals surface area contributed by atoms with Crippen molar-refractivity contribution in [2.24, 2.45) is 17.1 Å². The van der Waals surface area contributed by atoms with Crippen LogP contribution in [0.15, 0.2) is 0 Å². The Morgan fingerprint density at radius 2 is 1.59 bits per heavy atom. The predicted molar refractivity (Wildman–Crippen MR) is 105 cm³/mol. The maximum Gasteiger partial charge on any atom is 0.242 e. The summed E-state index contributed by atoms with van der Waals surface area (Å²) in [5.74, 6) is 0.343. The highest BCUT2D eigenvalue weighted by Gasteiger charge is 2.48. The van der Waals surface area contributed by atoms with Crippen LogP contribution in [0.2, 0.25) is 0 Å². The molecule has 3 aliphatic rings. The van der Waals surface area contributed by atoms with Crippen molar-refractivity contribution in [2.45, 2.75) is 83.3 Å². The number of carbonyl (C=O) groups excluding carboxylic acids is 2. The summed E-state index contributed by atoms with van der Waals surface area (Å²) in [5.41, 5.74) is 4.72. The summed E-state index contributed by atoms with van der Waals surface area (Å²) >= 11 is 0. The molecule has 2 atom stereocenters. The molecule has 3 rings (SSSR count). The van der Waals surface area contributed by atoms with Crippen LogP contribution in [0.1, 0.15) is 71.6 Å². The van der Waals surface area contributed by atoms with Crippen LogP contribution >= 0.6 is 0 Å². The number of hydrogen-bond donors (Lipinski definition) is 2. The number of rotatable bonds is 2. The Labute approximate surface area is 163 Å². The van der Waals surface area contributed by atoms with E-state index in [-0.39, 0.29) is 17.7 Å². The number of piperidine rings is 2. The minimum absolute atomic E-state index is 0.0685. The number of amides is 2. The minimum Gasteiger partial charge on any atom is -0.392 e. The highest BCUT2D eigenvalue weighted by molar-refractivity contribution is 5.85. The number of aliphatic hydroxyl groups excluding tert-OH is 1. The average molecular weight is 380 g/mol. The highest BCUT2D eigenvalue weighted by atomic mass is 16.3. The molecule has 154 valence electrons. The summed E-state index contributed by atoms with van der Waals surface area (Å²) in [6.07, 6.45) is 8.60. The number of hydrogen-bond acceptors (Lipinski definition) is 4. The van der Waals surface area contributed by atoms with Gasteiger partial charge in [0.15, 0.2) is 0 Å². The molecule has 1 spiro atoms. The Balaban J connectivity index is 1.72. The number of aliphatic hydroxyl groups is 1. The van der Waals surface area contributed by atoms with Crippen molar-refractivity contribution in [1.29, 1.82) is 0 Å². The second-order valence-corrected chi connectivity index (χ2v) is 9.67.